The lowest BCUT2D eigenvalue weighted by molar-refractivity contribution is 0.295. The van der Waals surface area contributed by atoms with Gasteiger partial charge in [-0.15, -0.1) is 0 Å². The molecule has 0 aromatic rings. The van der Waals surface area contributed by atoms with Gasteiger partial charge in [0.25, 0.3) is 0 Å². The second-order valence-electron chi connectivity index (χ2n) is 4.30. The molecule has 1 N–H and O–H groups in total. The Balaban J connectivity index is 3.68. The SMILES string of the molecule is CCNCC(C)CN(C)CCS(C)(=O)=O. The van der Waals surface area contributed by atoms with Crippen LogP contribution in [0.3, 0.4) is 0 Å². The van der Waals surface area contributed by atoms with Gasteiger partial charge in [-0.2, -0.15) is 0 Å². The number of hydrogen-bond donors (Lipinski definition) is 1. The molecule has 0 aliphatic carbocycles. The molecule has 0 bridgehead atoms. The monoisotopic (exact) mass is 236 g/mol. The highest BCUT2D eigenvalue weighted by molar-refractivity contribution is 7.90. The van der Waals surface area contributed by atoms with Crippen LogP contribution >= 0.6 is 0 Å². The van der Waals surface area contributed by atoms with Gasteiger partial charge in [-0.3, -0.25) is 0 Å². The standard InChI is InChI=1S/C10H24N2O2S/c1-5-11-8-10(2)9-12(3)6-7-15(4,13)14/h10-11H,5-9H2,1-4H3. The maximum Gasteiger partial charge on any atom is 0.148 e. The second kappa shape index (κ2) is 7.19. The summed E-state index contributed by atoms with van der Waals surface area (Å²) in [7, 11) is -0.863. The maximum absolute atomic E-state index is 11.0. The molecule has 0 spiro atoms. The van der Waals surface area contributed by atoms with Gasteiger partial charge in [0.05, 0.1) is 5.75 Å². The summed E-state index contributed by atoms with van der Waals surface area (Å²) in [5.74, 6) is 0.798. The lowest BCUT2D eigenvalue weighted by Gasteiger charge is -2.20. The predicted molar refractivity (Wildman–Crippen MR) is 64.9 cm³/mol. The first-order valence-corrected chi connectivity index (χ1v) is 7.48. The largest absolute Gasteiger partial charge is 0.317 e. The lowest BCUT2D eigenvalue weighted by Crippen LogP contribution is -2.33. The fourth-order valence-corrected chi connectivity index (χ4v) is 2.04. The molecule has 15 heavy (non-hydrogen) atoms. The highest BCUT2D eigenvalue weighted by Crippen LogP contribution is 1.97. The molecule has 0 aromatic carbocycles. The molecular formula is C10H24N2O2S. The molecule has 0 aliphatic rings. The molecule has 0 heterocycles. The fourth-order valence-electron chi connectivity index (χ4n) is 1.40. The Morgan fingerprint density at radius 2 is 2.00 bits per heavy atom. The predicted octanol–water partition coefficient (Wildman–Crippen LogP) is 0.208. The van der Waals surface area contributed by atoms with Gasteiger partial charge >= 0.3 is 0 Å². The molecule has 1 atom stereocenters. The van der Waals surface area contributed by atoms with Crippen molar-refractivity contribution in [2.75, 3.05) is 45.2 Å². The Bertz CT molecular complexity index is 252. The average Bonchev–Trinajstić information content (AvgIpc) is 2.10. The molecule has 0 amide bonds. The van der Waals surface area contributed by atoms with Crippen LogP contribution in [0.4, 0.5) is 0 Å². The summed E-state index contributed by atoms with van der Waals surface area (Å²) < 4.78 is 21.9. The van der Waals surface area contributed by atoms with E-state index in [1.807, 2.05) is 7.05 Å². The second-order valence-corrected chi connectivity index (χ2v) is 6.56. The van der Waals surface area contributed by atoms with Crippen LogP contribution in [0.2, 0.25) is 0 Å². The number of hydrogen-bond acceptors (Lipinski definition) is 4. The highest BCUT2D eigenvalue weighted by Gasteiger charge is 2.08. The maximum atomic E-state index is 11.0. The van der Waals surface area contributed by atoms with Crippen LogP contribution in [0, 0.1) is 5.92 Å². The Morgan fingerprint density at radius 3 is 2.47 bits per heavy atom. The van der Waals surface area contributed by atoms with Gasteiger partial charge < -0.3 is 10.2 Å². The van der Waals surface area contributed by atoms with Gasteiger partial charge in [-0.25, -0.2) is 8.42 Å². The smallest absolute Gasteiger partial charge is 0.148 e. The quantitative estimate of drug-likeness (QED) is 0.654. The van der Waals surface area contributed by atoms with Crippen LogP contribution in [0.25, 0.3) is 0 Å². The Morgan fingerprint density at radius 1 is 1.40 bits per heavy atom. The van der Waals surface area contributed by atoms with Gasteiger partial charge in [0.2, 0.25) is 0 Å². The molecule has 0 aromatic heterocycles. The first kappa shape index (κ1) is 14.9. The Kier molecular flexibility index (Phi) is 7.13. The summed E-state index contributed by atoms with van der Waals surface area (Å²) in [4.78, 5) is 2.07. The molecule has 0 fully saturated rings. The molecular weight excluding hydrogens is 212 g/mol. The van der Waals surface area contributed by atoms with Gasteiger partial charge in [-0.05, 0) is 26.1 Å². The third kappa shape index (κ3) is 10.2. The molecule has 4 nitrogen and oxygen atoms in total. The van der Waals surface area contributed by atoms with E-state index in [1.165, 1.54) is 6.26 Å². The van der Waals surface area contributed by atoms with E-state index in [4.69, 9.17) is 0 Å². The van der Waals surface area contributed by atoms with Crippen LogP contribution in [-0.2, 0) is 9.84 Å². The zero-order chi connectivity index (χ0) is 11.9. The van der Waals surface area contributed by atoms with E-state index in [2.05, 4.69) is 24.1 Å². The van der Waals surface area contributed by atoms with Gasteiger partial charge in [0.1, 0.15) is 9.84 Å². The third-order valence-corrected chi connectivity index (χ3v) is 3.13. The van der Waals surface area contributed by atoms with E-state index in [-0.39, 0.29) is 5.75 Å². The summed E-state index contributed by atoms with van der Waals surface area (Å²) in [6.45, 7) is 7.77. The van der Waals surface area contributed by atoms with Crippen LogP contribution in [0.1, 0.15) is 13.8 Å². The molecule has 92 valence electrons. The number of rotatable bonds is 8. The highest BCUT2D eigenvalue weighted by atomic mass is 32.2. The van der Waals surface area contributed by atoms with Crippen molar-refractivity contribution in [3.8, 4) is 0 Å². The van der Waals surface area contributed by atoms with E-state index >= 15 is 0 Å². The molecule has 0 rings (SSSR count). The first-order valence-electron chi connectivity index (χ1n) is 5.42. The average molecular weight is 236 g/mol. The molecule has 0 saturated carbocycles. The molecule has 0 radical (unpaired) electrons. The number of nitrogens with one attached hydrogen (secondary N) is 1. The van der Waals surface area contributed by atoms with Crippen LogP contribution < -0.4 is 5.32 Å². The van der Waals surface area contributed by atoms with Crippen molar-refractivity contribution in [1.29, 1.82) is 0 Å². The van der Waals surface area contributed by atoms with Gasteiger partial charge in [-0.1, -0.05) is 13.8 Å². The van der Waals surface area contributed by atoms with Gasteiger partial charge in [0.15, 0.2) is 0 Å². The summed E-state index contributed by atoms with van der Waals surface area (Å²) in [5, 5.41) is 3.28. The summed E-state index contributed by atoms with van der Waals surface area (Å²) in [6.07, 6.45) is 1.28. The van der Waals surface area contributed by atoms with Crippen LogP contribution in [0.15, 0.2) is 0 Å². The van der Waals surface area contributed by atoms with Crippen molar-refractivity contribution >= 4 is 9.84 Å². The zero-order valence-electron chi connectivity index (χ0n) is 10.3. The van der Waals surface area contributed by atoms with E-state index in [0.717, 1.165) is 19.6 Å². The van der Waals surface area contributed by atoms with Crippen LogP contribution in [0.5, 0.6) is 0 Å². The minimum atomic E-state index is -2.83. The van der Waals surface area contributed by atoms with E-state index in [1.54, 1.807) is 0 Å². The number of sulfone groups is 1. The Labute approximate surface area is 94.0 Å². The third-order valence-electron chi connectivity index (χ3n) is 2.21. The summed E-state index contributed by atoms with van der Waals surface area (Å²) >= 11 is 0. The minimum absolute atomic E-state index is 0.247. The fraction of sp³-hybridized carbons (Fsp3) is 1.00. The van der Waals surface area contributed by atoms with Crippen molar-refractivity contribution in [1.82, 2.24) is 10.2 Å². The summed E-state index contributed by atoms with van der Waals surface area (Å²) in [5.41, 5.74) is 0. The van der Waals surface area contributed by atoms with E-state index in [9.17, 15) is 8.42 Å². The van der Waals surface area contributed by atoms with E-state index < -0.39 is 9.84 Å². The minimum Gasteiger partial charge on any atom is -0.317 e. The van der Waals surface area contributed by atoms with Crippen molar-refractivity contribution in [3.05, 3.63) is 0 Å². The topological polar surface area (TPSA) is 49.4 Å². The van der Waals surface area contributed by atoms with Crippen molar-refractivity contribution < 1.29 is 8.42 Å². The molecule has 0 saturated heterocycles. The van der Waals surface area contributed by atoms with Crippen molar-refractivity contribution in [3.63, 3.8) is 0 Å². The van der Waals surface area contributed by atoms with Gasteiger partial charge in [0, 0.05) is 19.3 Å². The lowest BCUT2D eigenvalue weighted by atomic mass is 10.1. The first-order chi connectivity index (χ1) is 6.85. The van der Waals surface area contributed by atoms with Crippen molar-refractivity contribution in [2.45, 2.75) is 13.8 Å². The van der Waals surface area contributed by atoms with Crippen molar-refractivity contribution in [2.24, 2.45) is 5.92 Å². The molecule has 5 heteroatoms. The van der Waals surface area contributed by atoms with E-state index in [0.29, 0.717) is 12.5 Å². The zero-order valence-corrected chi connectivity index (χ0v) is 11.1. The normalized spacial score (nSPS) is 14.5. The Hall–Kier alpha value is -0.130. The molecule has 0 aliphatic heterocycles. The number of nitrogens with zero attached hydrogens (tertiary/aromatic N) is 1. The summed E-state index contributed by atoms with van der Waals surface area (Å²) in [6, 6.07) is 0. The molecule has 1 unspecified atom stereocenters. The van der Waals surface area contributed by atoms with Crippen LogP contribution in [-0.4, -0.2) is 58.6 Å².